The molecule has 1 aromatic carbocycles. The number of rotatable bonds is 4. The summed E-state index contributed by atoms with van der Waals surface area (Å²) in [5.74, 6) is 0.293. The van der Waals surface area contributed by atoms with E-state index >= 15 is 0 Å². The molecule has 7 heteroatoms. The Morgan fingerprint density at radius 1 is 1.26 bits per heavy atom. The Bertz CT molecular complexity index is 817. The van der Waals surface area contributed by atoms with Gasteiger partial charge < -0.3 is 10.3 Å². The molecule has 2 heterocycles. The zero-order valence-electron chi connectivity index (χ0n) is 12.7. The van der Waals surface area contributed by atoms with E-state index in [4.69, 9.17) is 0 Å². The summed E-state index contributed by atoms with van der Waals surface area (Å²) in [5, 5.41) is 11.4. The number of hydrogen-bond acceptors (Lipinski definition) is 5. The van der Waals surface area contributed by atoms with Crippen molar-refractivity contribution in [3.8, 4) is 11.1 Å². The number of thiol groups is 1. The minimum Gasteiger partial charge on any atom is -0.324 e. The van der Waals surface area contributed by atoms with E-state index in [-0.39, 0.29) is 11.7 Å². The van der Waals surface area contributed by atoms with E-state index in [1.165, 1.54) is 12.1 Å². The zero-order valence-corrected chi connectivity index (χ0v) is 13.6. The van der Waals surface area contributed by atoms with Gasteiger partial charge >= 0.3 is 0 Å². The molecule has 0 radical (unpaired) electrons. The van der Waals surface area contributed by atoms with Crippen molar-refractivity contribution in [2.45, 2.75) is 24.9 Å². The zero-order chi connectivity index (χ0) is 16.4. The maximum absolute atomic E-state index is 14.1. The smallest absolute Gasteiger partial charge is 0.227 e. The second-order valence-electron chi connectivity index (χ2n) is 5.44. The minimum absolute atomic E-state index is 0.127. The molecule has 0 amide bonds. The summed E-state index contributed by atoms with van der Waals surface area (Å²) in [5.41, 5.74) is 3.17. The van der Waals surface area contributed by atoms with E-state index in [9.17, 15) is 4.39 Å². The van der Waals surface area contributed by atoms with Crippen LogP contribution >= 0.6 is 12.6 Å². The van der Waals surface area contributed by atoms with E-state index in [2.05, 4.69) is 38.1 Å². The molecule has 0 saturated carbocycles. The lowest BCUT2D eigenvalue weighted by Gasteiger charge is -2.18. The molecule has 2 aromatic heterocycles. The lowest BCUT2D eigenvalue weighted by atomic mass is 9.94. The number of hydrogen-bond donors (Lipinski definition) is 3. The Morgan fingerprint density at radius 2 is 2.09 bits per heavy atom. The number of aromatic nitrogens is 4. The molecule has 0 unspecified atom stereocenters. The van der Waals surface area contributed by atoms with E-state index in [0.29, 0.717) is 11.1 Å². The van der Waals surface area contributed by atoms with Gasteiger partial charge in [0.05, 0.1) is 5.69 Å². The van der Waals surface area contributed by atoms with E-state index in [1.54, 1.807) is 12.4 Å². The lowest BCUT2D eigenvalue weighted by Crippen LogP contribution is -2.03. The summed E-state index contributed by atoms with van der Waals surface area (Å²) in [6, 6.07) is 6.73. The topological polar surface area (TPSA) is 66.5 Å². The molecule has 0 bridgehead atoms. The average molecular weight is 329 g/mol. The van der Waals surface area contributed by atoms with Gasteiger partial charge in [-0.25, -0.2) is 4.39 Å². The van der Waals surface area contributed by atoms with Gasteiger partial charge in [0.2, 0.25) is 5.95 Å². The SMILES string of the molecule is CC(C)c1cc(F)cc(-c2cccnc2)c1Nc1nnc(S)[nH]1. The molecule has 5 nitrogen and oxygen atoms in total. The molecule has 0 aliphatic rings. The summed E-state index contributed by atoms with van der Waals surface area (Å²) in [4.78, 5) is 7.02. The van der Waals surface area contributed by atoms with Crippen LogP contribution in [0.25, 0.3) is 11.1 Å². The number of aromatic amines is 1. The van der Waals surface area contributed by atoms with Gasteiger partial charge in [0, 0.05) is 23.5 Å². The first kappa shape index (κ1) is 15.5. The van der Waals surface area contributed by atoms with Crippen molar-refractivity contribution in [3.63, 3.8) is 0 Å². The van der Waals surface area contributed by atoms with Gasteiger partial charge in [-0.15, -0.1) is 22.8 Å². The predicted molar refractivity (Wildman–Crippen MR) is 90.6 cm³/mol. The summed E-state index contributed by atoms with van der Waals surface area (Å²) in [6.45, 7) is 4.02. The number of H-pyrrole nitrogens is 1. The molecule has 0 aliphatic carbocycles. The molecule has 23 heavy (non-hydrogen) atoms. The monoisotopic (exact) mass is 329 g/mol. The average Bonchev–Trinajstić information content (AvgIpc) is 2.94. The van der Waals surface area contributed by atoms with Crippen molar-refractivity contribution in [2.75, 3.05) is 5.32 Å². The van der Waals surface area contributed by atoms with Gasteiger partial charge in [-0.3, -0.25) is 4.98 Å². The normalized spacial score (nSPS) is 11.0. The quantitative estimate of drug-likeness (QED) is 0.629. The Morgan fingerprint density at radius 3 is 2.70 bits per heavy atom. The van der Waals surface area contributed by atoms with E-state index in [1.807, 2.05) is 26.0 Å². The Kier molecular flexibility index (Phi) is 4.29. The number of nitrogens with zero attached hydrogens (tertiary/aromatic N) is 3. The molecule has 0 saturated heterocycles. The first-order valence-corrected chi connectivity index (χ1v) is 7.62. The third-order valence-electron chi connectivity index (χ3n) is 3.45. The molecular formula is C16H16FN5S. The highest BCUT2D eigenvalue weighted by Crippen LogP contribution is 2.36. The van der Waals surface area contributed by atoms with Crippen molar-refractivity contribution >= 4 is 24.3 Å². The van der Waals surface area contributed by atoms with Crippen molar-refractivity contribution in [1.82, 2.24) is 20.2 Å². The Balaban J connectivity index is 2.17. The van der Waals surface area contributed by atoms with Crippen molar-refractivity contribution in [1.29, 1.82) is 0 Å². The maximum Gasteiger partial charge on any atom is 0.227 e. The summed E-state index contributed by atoms with van der Waals surface area (Å²) < 4.78 is 14.1. The molecule has 3 rings (SSSR count). The van der Waals surface area contributed by atoms with Crippen LogP contribution in [0.15, 0.2) is 41.8 Å². The van der Waals surface area contributed by atoms with Gasteiger partial charge in [-0.05, 0) is 29.7 Å². The number of benzene rings is 1. The second kappa shape index (κ2) is 6.37. The van der Waals surface area contributed by atoms with Crippen molar-refractivity contribution in [2.24, 2.45) is 0 Å². The third-order valence-corrected chi connectivity index (χ3v) is 3.65. The van der Waals surface area contributed by atoms with Crippen LogP contribution < -0.4 is 5.32 Å². The van der Waals surface area contributed by atoms with Gasteiger partial charge in [-0.2, -0.15) is 0 Å². The largest absolute Gasteiger partial charge is 0.324 e. The maximum atomic E-state index is 14.1. The second-order valence-corrected chi connectivity index (χ2v) is 5.86. The predicted octanol–water partition coefficient (Wildman–Crippen LogP) is 4.16. The van der Waals surface area contributed by atoms with Crippen LogP contribution in [-0.4, -0.2) is 20.2 Å². The minimum atomic E-state index is -0.287. The van der Waals surface area contributed by atoms with Crippen LogP contribution in [0.3, 0.4) is 0 Å². The van der Waals surface area contributed by atoms with Crippen LogP contribution in [-0.2, 0) is 0 Å². The molecule has 2 N–H and O–H groups in total. The highest BCUT2D eigenvalue weighted by molar-refractivity contribution is 7.80. The highest BCUT2D eigenvalue weighted by atomic mass is 32.1. The van der Waals surface area contributed by atoms with Crippen LogP contribution in [0.1, 0.15) is 25.3 Å². The molecule has 0 fully saturated rings. The van der Waals surface area contributed by atoms with E-state index in [0.717, 1.165) is 22.4 Å². The molecule has 0 atom stereocenters. The van der Waals surface area contributed by atoms with Gasteiger partial charge in [-0.1, -0.05) is 19.9 Å². The molecule has 118 valence electrons. The molecule has 0 spiro atoms. The fraction of sp³-hybridized carbons (Fsp3) is 0.188. The summed E-state index contributed by atoms with van der Waals surface area (Å²) >= 11 is 4.11. The fourth-order valence-corrected chi connectivity index (χ4v) is 2.55. The third kappa shape index (κ3) is 3.34. The Labute approximate surface area is 138 Å². The number of pyridine rings is 1. The number of halogens is 1. The van der Waals surface area contributed by atoms with Gasteiger partial charge in [0.15, 0.2) is 5.16 Å². The summed E-state index contributed by atoms with van der Waals surface area (Å²) in [6.07, 6.45) is 3.39. The van der Waals surface area contributed by atoms with Crippen molar-refractivity contribution in [3.05, 3.63) is 48.0 Å². The van der Waals surface area contributed by atoms with Crippen LogP contribution in [0.2, 0.25) is 0 Å². The highest BCUT2D eigenvalue weighted by Gasteiger charge is 2.17. The van der Waals surface area contributed by atoms with Crippen molar-refractivity contribution < 1.29 is 4.39 Å². The first-order valence-electron chi connectivity index (χ1n) is 7.17. The number of anilines is 2. The summed E-state index contributed by atoms with van der Waals surface area (Å²) in [7, 11) is 0. The van der Waals surface area contributed by atoms with Crippen LogP contribution in [0, 0.1) is 5.82 Å². The first-order chi connectivity index (χ1) is 11.0. The van der Waals surface area contributed by atoms with Crippen LogP contribution in [0.5, 0.6) is 0 Å². The lowest BCUT2D eigenvalue weighted by molar-refractivity contribution is 0.624. The number of nitrogens with one attached hydrogen (secondary N) is 2. The Hall–Kier alpha value is -2.41. The molecule has 0 aliphatic heterocycles. The van der Waals surface area contributed by atoms with Crippen LogP contribution in [0.4, 0.5) is 16.0 Å². The van der Waals surface area contributed by atoms with E-state index < -0.39 is 0 Å². The molecular weight excluding hydrogens is 313 g/mol. The van der Waals surface area contributed by atoms with Gasteiger partial charge in [0.25, 0.3) is 0 Å². The van der Waals surface area contributed by atoms with Gasteiger partial charge in [0.1, 0.15) is 5.82 Å². The standard InChI is InChI=1S/C16H16FN5S/c1-9(2)12-6-11(17)7-13(10-4-3-5-18-8-10)14(12)19-15-20-16(23)22-21-15/h3-9H,1-2H3,(H3,19,20,21,22,23). The molecule has 3 aromatic rings. The fourth-order valence-electron chi connectivity index (χ4n) is 2.40.